The second-order valence-corrected chi connectivity index (χ2v) is 12.1. The van der Waals surface area contributed by atoms with E-state index in [1.54, 1.807) is 48.3 Å². The molecule has 0 radical (unpaired) electrons. The Morgan fingerprint density at radius 3 is 2.39 bits per heavy atom. The monoisotopic (exact) mass is 509 g/mol. The number of hydrogen-bond donors (Lipinski definition) is 0. The molecule has 5 nitrogen and oxygen atoms in total. The highest BCUT2D eigenvalue weighted by atomic mass is 32.2. The Kier molecular flexibility index (Phi) is 7.50. The van der Waals surface area contributed by atoms with Crippen molar-refractivity contribution in [1.29, 1.82) is 5.26 Å². The first-order valence-corrected chi connectivity index (χ1v) is 14.6. The lowest BCUT2D eigenvalue weighted by Gasteiger charge is -2.07. The molecule has 0 atom stereocenters. The van der Waals surface area contributed by atoms with Crippen LogP contribution in [0.25, 0.3) is 21.7 Å². The van der Waals surface area contributed by atoms with Crippen molar-refractivity contribution in [3.8, 4) is 27.8 Å². The highest BCUT2D eigenvalue weighted by molar-refractivity contribution is 8.00. The van der Waals surface area contributed by atoms with Gasteiger partial charge >= 0.3 is 0 Å². The minimum Gasteiger partial charge on any atom is -0.231 e. The summed E-state index contributed by atoms with van der Waals surface area (Å²) in [5.41, 5.74) is 3.20. The highest BCUT2D eigenvalue weighted by Gasteiger charge is 2.22. The summed E-state index contributed by atoms with van der Waals surface area (Å²) < 4.78 is 26.0. The van der Waals surface area contributed by atoms with Crippen LogP contribution in [0, 0.1) is 11.3 Å². The molecule has 2 aromatic heterocycles. The van der Waals surface area contributed by atoms with Gasteiger partial charge in [-0.2, -0.15) is 5.26 Å². The van der Waals surface area contributed by atoms with E-state index in [-0.39, 0.29) is 5.75 Å². The molecule has 0 saturated heterocycles. The summed E-state index contributed by atoms with van der Waals surface area (Å²) in [6.45, 7) is 0. The number of benzene rings is 2. The van der Waals surface area contributed by atoms with Gasteiger partial charge in [0.05, 0.1) is 31.0 Å². The molecule has 0 bridgehead atoms. The third kappa shape index (κ3) is 5.31. The summed E-state index contributed by atoms with van der Waals surface area (Å²) >= 11 is 4.39. The number of sulfone groups is 1. The Morgan fingerprint density at radius 2 is 1.73 bits per heavy atom. The number of hydrogen-bond acceptors (Lipinski definition) is 8. The van der Waals surface area contributed by atoms with Crippen LogP contribution >= 0.6 is 34.9 Å². The van der Waals surface area contributed by atoms with Crippen LogP contribution in [-0.2, 0) is 9.84 Å². The average molecular weight is 510 g/mol. The number of thioether (sulfide) groups is 2. The molecule has 0 aliphatic rings. The fourth-order valence-corrected chi connectivity index (χ4v) is 7.65. The zero-order chi connectivity index (χ0) is 23.3. The van der Waals surface area contributed by atoms with Gasteiger partial charge in [0.2, 0.25) is 0 Å². The van der Waals surface area contributed by atoms with E-state index in [1.165, 1.54) is 23.1 Å². The molecule has 0 amide bonds. The maximum atomic E-state index is 12.5. The van der Waals surface area contributed by atoms with E-state index in [0.29, 0.717) is 21.4 Å². The number of nitriles is 1. The fourth-order valence-electron chi connectivity index (χ4n) is 3.24. The number of thiophene rings is 1. The highest BCUT2D eigenvalue weighted by Crippen LogP contribution is 2.45. The summed E-state index contributed by atoms with van der Waals surface area (Å²) in [7, 11) is -3.36. The molecule has 0 unspecified atom stereocenters. The van der Waals surface area contributed by atoms with E-state index < -0.39 is 9.84 Å². The van der Waals surface area contributed by atoms with Gasteiger partial charge in [-0.1, -0.05) is 60.3 Å². The van der Waals surface area contributed by atoms with Crippen molar-refractivity contribution in [3.63, 3.8) is 0 Å². The van der Waals surface area contributed by atoms with Crippen molar-refractivity contribution >= 4 is 44.7 Å². The number of rotatable bonds is 8. The Labute approximate surface area is 205 Å². The topological polar surface area (TPSA) is 83.7 Å². The van der Waals surface area contributed by atoms with Crippen molar-refractivity contribution in [2.75, 3.05) is 17.8 Å². The summed E-state index contributed by atoms with van der Waals surface area (Å²) in [6, 6.07) is 22.4. The standard InChI is InChI=1S/C24H19N3O2S4/c1-30-23-19(16-25)21(17-8-4-2-5-9-17)22(32-23)20-12-13-26-24(27-20)31-14-15-33(28,29)18-10-6-3-7-11-18/h2-13H,14-15H2,1H3. The van der Waals surface area contributed by atoms with E-state index in [9.17, 15) is 13.7 Å². The molecule has 0 N–H and O–H groups in total. The first-order valence-electron chi connectivity index (χ1n) is 9.94. The van der Waals surface area contributed by atoms with Crippen LogP contribution in [0.1, 0.15) is 5.56 Å². The maximum Gasteiger partial charge on any atom is 0.188 e. The minimum atomic E-state index is -3.36. The van der Waals surface area contributed by atoms with Crippen LogP contribution in [0.3, 0.4) is 0 Å². The predicted molar refractivity (Wildman–Crippen MR) is 136 cm³/mol. The van der Waals surface area contributed by atoms with Gasteiger partial charge in [-0.25, -0.2) is 18.4 Å². The average Bonchev–Trinajstić information content (AvgIpc) is 3.24. The Balaban J connectivity index is 1.61. The summed E-state index contributed by atoms with van der Waals surface area (Å²) in [4.78, 5) is 10.2. The van der Waals surface area contributed by atoms with E-state index in [2.05, 4.69) is 11.1 Å². The van der Waals surface area contributed by atoms with Gasteiger partial charge in [0.1, 0.15) is 6.07 Å². The molecule has 2 aromatic carbocycles. The molecule has 4 rings (SSSR count). The van der Waals surface area contributed by atoms with Crippen molar-refractivity contribution in [2.45, 2.75) is 14.3 Å². The molecule has 33 heavy (non-hydrogen) atoms. The molecule has 0 aliphatic carbocycles. The second-order valence-electron chi connectivity index (χ2n) is 6.86. The molecule has 4 aromatic rings. The third-order valence-electron chi connectivity index (χ3n) is 4.79. The molecule has 0 aliphatic heterocycles. The van der Waals surface area contributed by atoms with Gasteiger partial charge < -0.3 is 0 Å². The first kappa shape index (κ1) is 23.5. The Morgan fingerprint density at radius 1 is 1.03 bits per heavy atom. The zero-order valence-corrected chi connectivity index (χ0v) is 20.9. The van der Waals surface area contributed by atoms with Crippen LogP contribution < -0.4 is 0 Å². The largest absolute Gasteiger partial charge is 0.231 e. The summed E-state index contributed by atoms with van der Waals surface area (Å²) in [5.74, 6) is 0.342. The second kappa shape index (κ2) is 10.5. The van der Waals surface area contributed by atoms with Crippen molar-refractivity contribution in [2.24, 2.45) is 0 Å². The van der Waals surface area contributed by atoms with Gasteiger partial charge in [-0.05, 0) is 30.0 Å². The number of aromatic nitrogens is 2. The number of nitrogens with zero attached hydrogens (tertiary/aromatic N) is 3. The molecular weight excluding hydrogens is 491 g/mol. The van der Waals surface area contributed by atoms with Gasteiger partial charge in [0, 0.05) is 17.5 Å². The lowest BCUT2D eigenvalue weighted by Crippen LogP contribution is -2.09. The van der Waals surface area contributed by atoms with Crippen molar-refractivity contribution in [1.82, 2.24) is 9.97 Å². The maximum absolute atomic E-state index is 12.5. The molecular formula is C24H19N3O2S4. The molecule has 2 heterocycles. The van der Waals surface area contributed by atoms with E-state index in [0.717, 1.165) is 25.9 Å². The lowest BCUT2D eigenvalue weighted by atomic mass is 10.0. The van der Waals surface area contributed by atoms with Crippen LogP contribution in [0.4, 0.5) is 0 Å². The zero-order valence-electron chi connectivity index (χ0n) is 17.6. The normalized spacial score (nSPS) is 11.3. The quantitative estimate of drug-likeness (QED) is 0.212. The molecule has 0 saturated carbocycles. The Bertz CT molecular complexity index is 1400. The minimum absolute atomic E-state index is 0.00125. The van der Waals surface area contributed by atoms with Gasteiger partial charge in [0.15, 0.2) is 15.0 Å². The van der Waals surface area contributed by atoms with Crippen LogP contribution in [-0.4, -0.2) is 36.1 Å². The lowest BCUT2D eigenvalue weighted by molar-refractivity contribution is 0.597. The summed E-state index contributed by atoms with van der Waals surface area (Å²) in [6.07, 6.45) is 3.63. The van der Waals surface area contributed by atoms with Gasteiger partial charge in [-0.15, -0.1) is 23.1 Å². The van der Waals surface area contributed by atoms with E-state index in [1.807, 2.05) is 42.7 Å². The van der Waals surface area contributed by atoms with Crippen LogP contribution in [0.15, 0.2) is 87.2 Å². The summed E-state index contributed by atoms with van der Waals surface area (Å²) in [5, 5.41) is 10.3. The van der Waals surface area contributed by atoms with E-state index in [4.69, 9.17) is 4.98 Å². The van der Waals surface area contributed by atoms with Gasteiger partial charge in [-0.3, -0.25) is 0 Å². The Hall–Kier alpha value is -2.64. The van der Waals surface area contributed by atoms with Crippen molar-refractivity contribution < 1.29 is 8.42 Å². The van der Waals surface area contributed by atoms with Gasteiger partial charge in [0.25, 0.3) is 0 Å². The van der Waals surface area contributed by atoms with Crippen LogP contribution in [0.5, 0.6) is 0 Å². The van der Waals surface area contributed by atoms with Crippen LogP contribution in [0.2, 0.25) is 0 Å². The predicted octanol–water partition coefficient (Wildman–Crippen LogP) is 6.03. The molecule has 166 valence electrons. The molecule has 0 spiro atoms. The van der Waals surface area contributed by atoms with Crippen molar-refractivity contribution in [3.05, 3.63) is 78.5 Å². The van der Waals surface area contributed by atoms with E-state index >= 15 is 0 Å². The molecule has 0 fully saturated rings. The third-order valence-corrected chi connectivity index (χ3v) is 9.97. The first-order chi connectivity index (χ1) is 16.0. The molecule has 9 heteroatoms. The fraction of sp³-hybridized carbons (Fsp3) is 0.125. The smallest absolute Gasteiger partial charge is 0.188 e. The SMILES string of the molecule is CSc1sc(-c2ccnc(SCCS(=O)(=O)c3ccccc3)n2)c(-c2ccccc2)c1C#N.